The van der Waals surface area contributed by atoms with Crippen molar-refractivity contribution in [1.29, 1.82) is 0 Å². The molecular formula is C12H15Cl3N2O. The molecule has 0 saturated heterocycles. The minimum Gasteiger partial charge on any atom is -0.323 e. The second-order valence-corrected chi connectivity index (χ2v) is 5.37. The molecule has 1 rings (SSSR count). The van der Waals surface area contributed by atoms with Crippen LogP contribution in [-0.2, 0) is 4.79 Å². The van der Waals surface area contributed by atoms with Crippen LogP contribution in [0.5, 0.6) is 0 Å². The van der Waals surface area contributed by atoms with Crippen LogP contribution in [0.25, 0.3) is 0 Å². The Balaban J connectivity index is 2.85. The Bertz CT molecular complexity index is 451. The number of amides is 1. The fourth-order valence-electron chi connectivity index (χ4n) is 1.35. The van der Waals surface area contributed by atoms with Gasteiger partial charge in [-0.15, -0.1) is 0 Å². The number of nitrogens with one attached hydrogen (secondary N) is 1. The van der Waals surface area contributed by atoms with Crippen molar-refractivity contribution in [3.63, 3.8) is 0 Å². The number of carbonyl (C=O) groups is 1. The van der Waals surface area contributed by atoms with Gasteiger partial charge in [0, 0.05) is 0 Å². The molecule has 3 N–H and O–H groups in total. The molecule has 0 fully saturated rings. The summed E-state index contributed by atoms with van der Waals surface area (Å²) in [7, 11) is 0. The van der Waals surface area contributed by atoms with Crippen molar-refractivity contribution in [3.05, 3.63) is 27.2 Å². The van der Waals surface area contributed by atoms with Gasteiger partial charge in [-0.1, -0.05) is 55.1 Å². The lowest BCUT2D eigenvalue weighted by Gasteiger charge is -2.18. The number of halogens is 3. The van der Waals surface area contributed by atoms with Crippen LogP contribution in [0.3, 0.4) is 0 Å². The summed E-state index contributed by atoms with van der Waals surface area (Å²) in [6.45, 7) is 3.89. The summed E-state index contributed by atoms with van der Waals surface area (Å²) in [6, 6.07) is 2.41. The van der Waals surface area contributed by atoms with Crippen LogP contribution >= 0.6 is 34.8 Å². The normalized spacial score (nSPS) is 14.1. The summed E-state index contributed by atoms with van der Waals surface area (Å²) in [5.74, 6) is -0.198. The Morgan fingerprint density at radius 2 is 1.83 bits per heavy atom. The molecule has 0 spiro atoms. The molecule has 100 valence electrons. The van der Waals surface area contributed by atoms with Gasteiger partial charge in [-0.25, -0.2) is 0 Å². The van der Waals surface area contributed by atoms with E-state index in [1.807, 2.05) is 13.8 Å². The van der Waals surface area contributed by atoms with Crippen LogP contribution in [0, 0.1) is 5.92 Å². The first-order chi connectivity index (χ1) is 8.36. The van der Waals surface area contributed by atoms with E-state index in [1.165, 1.54) is 12.1 Å². The molecule has 3 nitrogen and oxygen atoms in total. The zero-order valence-corrected chi connectivity index (χ0v) is 12.4. The second kappa shape index (κ2) is 6.62. The second-order valence-electron chi connectivity index (χ2n) is 4.15. The van der Waals surface area contributed by atoms with Gasteiger partial charge in [0.1, 0.15) is 0 Å². The van der Waals surface area contributed by atoms with Crippen molar-refractivity contribution in [2.45, 2.75) is 26.3 Å². The minimum absolute atomic E-state index is 0.0894. The summed E-state index contributed by atoms with van der Waals surface area (Å²) in [5, 5.41) is 3.65. The fourth-order valence-corrected chi connectivity index (χ4v) is 1.94. The lowest BCUT2D eigenvalue weighted by molar-refractivity contribution is -0.118. The highest BCUT2D eigenvalue weighted by atomic mass is 35.5. The van der Waals surface area contributed by atoms with E-state index < -0.39 is 6.04 Å². The van der Waals surface area contributed by atoms with Crippen molar-refractivity contribution >= 4 is 46.4 Å². The van der Waals surface area contributed by atoms with Crippen molar-refractivity contribution in [1.82, 2.24) is 0 Å². The molecule has 0 aliphatic carbocycles. The lowest BCUT2D eigenvalue weighted by Crippen LogP contribution is -2.40. The Morgan fingerprint density at radius 3 is 2.39 bits per heavy atom. The topological polar surface area (TPSA) is 55.1 Å². The molecule has 0 heterocycles. The molecule has 1 aromatic carbocycles. The van der Waals surface area contributed by atoms with Crippen molar-refractivity contribution in [2.75, 3.05) is 5.32 Å². The highest BCUT2D eigenvalue weighted by Gasteiger charge is 2.20. The van der Waals surface area contributed by atoms with Crippen LogP contribution in [0.2, 0.25) is 15.1 Å². The van der Waals surface area contributed by atoms with Crippen LogP contribution in [0.1, 0.15) is 20.3 Å². The van der Waals surface area contributed by atoms with Gasteiger partial charge in [0.15, 0.2) is 0 Å². The molecule has 1 aromatic rings. The number of rotatable bonds is 4. The van der Waals surface area contributed by atoms with Gasteiger partial charge in [0.25, 0.3) is 0 Å². The fraction of sp³-hybridized carbons (Fsp3) is 0.417. The summed E-state index contributed by atoms with van der Waals surface area (Å²) >= 11 is 17.6. The van der Waals surface area contributed by atoms with Crippen LogP contribution in [0.15, 0.2) is 12.1 Å². The Hall–Kier alpha value is -0.480. The van der Waals surface area contributed by atoms with E-state index in [0.717, 1.165) is 6.42 Å². The van der Waals surface area contributed by atoms with E-state index >= 15 is 0 Å². The first kappa shape index (κ1) is 15.6. The van der Waals surface area contributed by atoms with E-state index in [2.05, 4.69) is 5.32 Å². The van der Waals surface area contributed by atoms with Crippen LogP contribution < -0.4 is 11.1 Å². The Kier molecular flexibility index (Phi) is 5.73. The number of anilines is 1. The Morgan fingerprint density at radius 1 is 1.28 bits per heavy atom. The quantitative estimate of drug-likeness (QED) is 0.827. The van der Waals surface area contributed by atoms with Gasteiger partial charge < -0.3 is 11.1 Å². The maximum atomic E-state index is 11.9. The largest absolute Gasteiger partial charge is 0.323 e. The van der Waals surface area contributed by atoms with Gasteiger partial charge in [0.2, 0.25) is 5.91 Å². The van der Waals surface area contributed by atoms with E-state index in [-0.39, 0.29) is 11.8 Å². The standard InChI is InChI=1S/C12H15Cl3N2O/c1-3-6(2)11(16)12(18)17-10-5-8(14)7(13)4-9(10)15/h4-6,11H,3,16H2,1-2H3,(H,17,18)/t6?,11-/m0/s1. The van der Waals surface area contributed by atoms with Gasteiger partial charge >= 0.3 is 0 Å². The van der Waals surface area contributed by atoms with Gasteiger partial charge in [-0.3, -0.25) is 4.79 Å². The molecular weight excluding hydrogens is 295 g/mol. The number of benzene rings is 1. The monoisotopic (exact) mass is 308 g/mol. The number of carbonyl (C=O) groups excluding carboxylic acids is 1. The highest BCUT2D eigenvalue weighted by molar-refractivity contribution is 6.44. The molecule has 18 heavy (non-hydrogen) atoms. The molecule has 1 amide bonds. The third-order valence-corrected chi connectivity index (χ3v) is 3.86. The first-order valence-corrected chi connectivity index (χ1v) is 6.71. The highest BCUT2D eigenvalue weighted by Crippen LogP contribution is 2.32. The van der Waals surface area contributed by atoms with Crippen molar-refractivity contribution in [3.8, 4) is 0 Å². The molecule has 0 aliphatic rings. The average Bonchev–Trinajstić information content (AvgIpc) is 2.33. The maximum Gasteiger partial charge on any atom is 0.241 e. The molecule has 0 radical (unpaired) electrons. The predicted molar refractivity (Wildman–Crippen MR) is 77.5 cm³/mol. The molecule has 1 unspecified atom stereocenters. The summed E-state index contributed by atoms with van der Waals surface area (Å²) < 4.78 is 0. The molecule has 2 atom stereocenters. The van der Waals surface area contributed by atoms with Gasteiger partial charge in [0.05, 0.1) is 26.8 Å². The minimum atomic E-state index is -0.583. The van der Waals surface area contributed by atoms with E-state index in [4.69, 9.17) is 40.5 Å². The van der Waals surface area contributed by atoms with Gasteiger partial charge in [-0.05, 0) is 18.1 Å². The lowest BCUT2D eigenvalue weighted by atomic mass is 9.99. The molecule has 0 bridgehead atoms. The SMILES string of the molecule is CCC(C)[C@H](N)C(=O)Nc1cc(Cl)c(Cl)cc1Cl. The smallest absolute Gasteiger partial charge is 0.241 e. The van der Waals surface area contributed by atoms with E-state index in [1.54, 1.807) is 0 Å². The average molecular weight is 310 g/mol. The predicted octanol–water partition coefficient (Wildman–Crippen LogP) is 3.96. The van der Waals surface area contributed by atoms with E-state index in [9.17, 15) is 4.79 Å². The van der Waals surface area contributed by atoms with Crippen LogP contribution in [0.4, 0.5) is 5.69 Å². The number of nitrogens with two attached hydrogens (primary N) is 1. The Labute approximate surface area is 122 Å². The summed E-state index contributed by atoms with van der Waals surface area (Å²) in [6.07, 6.45) is 0.823. The summed E-state index contributed by atoms with van der Waals surface area (Å²) in [5.41, 5.74) is 6.23. The first-order valence-electron chi connectivity index (χ1n) is 5.57. The maximum absolute atomic E-state index is 11.9. The number of hydrogen-bond acceptors (Lipinski definition) is 2. The molecule has 6 heteroatoms. The third kappa shape index (κ3) is 3.75. The third-order valence-electron chi connectivity index (χ3n) is 2.83. The number of hydrogen-bond donors (Lipinski definition) is 2. The van der Waals surface area contributed by atoms with Crippen molar-refractivity contribution < 1.29 is 4.79 Å². The van der Waals surface area contributed by atoms with Gasteiger partial charge in [-0.2, -0.15) is 0 Å². The molecule has 0 saturated carbocycles. The molecule has 0 aromatic heterocycles. The molecule has 0 aliphatic heterocycles. The summed E-state index contributed by atoms with van der Waals surface area (Å²) in [4.78, 5) is 11.9. The van der Waals surface area contributed by atoms with Crippen LogP contribution in [-0.4, -0.2) is 11.9 Å². The van der Waals surface area contributed by atoms with E-state index in [0.29, 0.717) is 20.8 Å². The van der Waals surface area contributed by atoms with Crippen molar-refractivity contribution in [2.24, 2.45) is 11.7 Å². The zero-order chi connectivity index (χ0) is 13.9. The zero-order valence-electron chi connectivity index (χ0n) is 10.1.